The fourth-order valence-electron chi connectivity index (χ4n) is 4.11. The van der Waals surface area contributed by atoms with Gasteiger partial charge in [0.25, 0.3) is 5.56 Å². The van der Waals surface area contributed by atoms with Gasteiger partial charge in [0.2, 0.25) is 0 Å². The maximum Gasteiger partial charge on any atom is 0.262 e. The van der Waals surface area contributed by atoms with E-state index in [4.69, 9.17) is 9.72 Å². The zero-order chi connectivity index (χ0) is 21.3. The molecular weight excluding hydrogens is 466 g/mol. The van der Waals surface area contributed by atoms with Crippen LogP contribution in [0.3, 0.4) is 0 Å². The zero-order valence-corrected chi connectivity index (χ0v) is 19.9. The van der Waals surface area contributed by atoms with E-state index in [1.54, 1.807) is 0 Å². The summed E-state index contributed by atoms with van der Waals surface area (Å²) in [6, 6.07) is 3.88. The topological polar surface area (TPSA) is 67.6 Å². The third kappa shape index (κ3) is 4.15. The number of aromatic nitrogens is 2. The highest BCUT2D eigenvalue weighted by Crippen LogP contribution is 2.41. The molecule has 0 unspecified atom stereocenters. The first-order valence-electron chi connectivity index (χ1n) is 10.7. The number of halogens is 1. The van der Waals surface area contributed by atoms with Crippen LogP contribution >= 0.6 is 27.3 Å². The van der Waals surface area contributed by atoms with Crippen molar-refractivity contribution >= 4 is 47.6 Å². The third-order valence-corrected chi connectivity index (χ3v) is 7.54. The quantitative estimate of drug-likeness (QED) is 0.534. The largest absolute Gasteiger partial charge is 0.488 e. The molecule has 0 bridgehead atoms. The minimum atomic E-state index is -0.582. The van der Waals surface area contributed by atoms with Crippen LogP contribution in [0.25, 0.3) is 20.3 Å². The lowest BCUT2D eigenvalue weighted by molar-refractivity contribution is 0.0720. The molecule has 0 saturated heterocycles. The Bertz CT molecular complexity index is 1110. The molecule has 0 amide bonds. The van der Waals surface area contributed by atoms with E-state index in [1.807, 2.05) is 16.7 Å². The first-order valence-corrected chi connectivity index (χ1v) is 12.3. The monoisotopic (exact) mass is 493 g/mol. The second kappa shape index (κ2) is 9.34. The van der Waals surface area contributed by atoms with Crippen molar-refractivity contribution in [1.82, 2.24) is 14.5 Å². The van der Waals surface area contributed by atoms with Crippen molar-refractivity contribution in [2.75, 3.05) is 26.2 Å². The van der Waals surface area contributed by atoms with Crippen LogP contribution in [-0.2, 0) is 13.0 Å². The Kier molecular flexibility index (Phi) is 6.77. The Morgan fingerprint density at radius 1 is 1.30 bits per heavy atom. The van der Waals surface area contributed by atoms with Gasteiger partial charge in [-0.05, 0) is 47.9 Å². The summed E-state index contributed by atoms with van der Waals surface area (Å²) in [7, 11) is 0. The molecule has 1 aliphatic rings. The van der Waals surface area contributed by atoms with Gasteiger partial charge in [0.05, 0.1) is 14.6 Å². The first kappa shape index (κ1) is 21.7. The van der Waals surface area contributed by atoms with Crippen molar-refractivity contribution in [1.29, 1.82) is 0 Å². The van der Waals surface area contributed by atoms with E-state index in [0.29, 0.717) is 17.7 Å². The smallest absolute Gasteiger partial charge is 0.262 e. The van der Waals surface area contributed by atoms with Crippen LogP contribution in [0, 0.1) is 0 Å². The molecule has 1 atom stereocenters. The van der Waals surface area contributed by atoms with E-state index in [0.717, 1.165) is 70.5 Å². The summed E-state index contributed by atoms with van der Waals surface area (Å²) in [5.41, 5.74) is 0.0537. The number of rotatable bonds is 7. The van der Waals surface area contributed by atoms with Gasteiger partial charge in [-0.15, -0.1) is 11.3 Å². The average molecular weight is 494 g/mol. The highest BCUT2D eigenvalue weighted by molar-refractivity contribution is 9.10. The van der Waals surface area contributed by atoms with Crippen LogP contribution in [0.5, 0.6) is 5.75 Å². The molecule has 0 radical (unpaired) electrons. The minimum Gasteiger partial charge on any atom is -0.488 e. The molecule has 8 heteroatoms. The molecule has 1 aliphatic heterocycles. The number of aryl methyl sites for hydroxylation is 1. The molecule has 1 aromatic carbocycles. The second-order valence-corrected chi connectivity index (χ2v) is 9.63. The van der Waals surface area contributed by atoms with Gasteiger partial charge in [-0.3, -0.25) is 9.36 Å². The molecule has 162 valence electrons. The highest BCUT2D eigenvalue weighted by atomic mass is 79.9. The zero-order valence-electron chi connectivity index (χ0n) is 17.5. The Morgan fingerprint density at radius 2 is 2.10 bits per heavy atom. The number of likely N-dealkylation sites (N-methyl/N-ethyl adjacent to an activating group) is 1. The molecule has 0 spiro atoms. The van der Waals surface area contributed by atoms with Gasteiger partial charge in [-0.25, -0.2) is 4.98 Å². The summed E-state index contributed by atoms with van der Waals surface area (Å²) >= 11 is 5.08. The molecule has 3 aromatic rings. The Labute approximate surface area is 188 Å². The van der Waals surface area contributed by atoms with Gasteiger partial charge in [0.15, 0.2) is 5.75 Å². The standard InChI is InChI=1S/C22H28BrN3O3S/c1-3-25(4-2)12-14(27)13-29-19-16(23)10-9-15-18-21(30-20(15)19)24-17-8-6-5-7-11-26(17)22(18)28/h9-10,14,27H,3-8,11-13H2,1-2H3/t14-/m0/s1. The normalized spacial score (nSPS) is 15.5. The van der Waals surface area contributed by atoms with E-state index >= 15 is 0 Å². The molecule has 6 nitrogen and oxygen atoms in total. The predicted octanol–water partition coefficient (Wildman–Crippen LogP) is 4.18. The van der Waals surface area contributed by atoms with Crippen molar-refractivity contribution in [3.63, 3.8) is 0 Å². The van der Waals surface area contributed by atoms with Gasteiger partial charge in [0.1, 0.15) is 23.4 Å². The molecule has 3 heterocycles. The molecule has 0 fully saturated rings. The third-order valence-electron chi connectivity index (χ3n) is 5.81. The number of hydrogen-bond acceptors (Lipinski definition) is 6. The first-order chi connectivity index (χ1) is 14.5. The van der Waals surface area contributed by atoms with E-state index in [9.17, 15) is 9.90 Å². The lowest BCUT2D eigenvalue weighted by atomic mass is 10.2. The van der Waals surface area contributed by atoms with Crippen LogP contribution in [0.4, 0.5) is 0 Å². The SMILES string of the molecule is CCN(CC)C[C@H](O)COc1c(Br)ccc2c1sc1nc3n(c(=O)c12)CCCCC3. The molecule has 2 aromatic heterocycles. The van der Waals surface area contributed by atoms with E-state index in [1.165, 1.54) is 11.3 Å². The fourth-order valence-corrected chi connectivity index (χ4v) is 5.87. The number of hydrogen-bond donors (Lipinski definition) is 1. The van der Waals surface area contributed by atoms with E-state index in [2.05, 4.69) is 34.7 Å². The van der Waals surface area contributed by atoms with Gasteiger partial charge < -0.3 is 14.7 Å². The Hall–Kier alpha value is -1.48. The molecular formula is C22H28BrN3O3S. The molecule has 4 rings (SSSR count). The lowest BCUT2D eigenvalue weighted by Crippen LogP contribution is -2.35. The number of aliphatic hydroxyl groups is 1. The fraction of sp³-hybridized carbons (Fsp3) is 0.545. The summed E-state index contributed by atoms with van der Waals surface area (Å²) < 4.78 is 9.65. The van der Waals surface area contributed by atoms with Gasteiger partial charge in [0, 0.05) is 24.9 Å². The number of aliphatic hydroxyl groups excluding tert-OH is 1. The molecule has 1 N–H and O–H groups in total. The lowest BCUT2D eigenvalue weighted by Gasteiger charge is -2.22. The predicted molar refractivity (Wildman–Crippen MR) is 126 cm³/mol. The van der Waals surface area contributed by atoms with Crippen molar-refractivity contribution in [2.24, 2.45) is 0 Å². The summed E-state index contributed by atoms with van der Waals surface area (Å²) in [5.74, 6) is 1.57. The van der Waals surface area contributed by atoms with Crippen molar-refractivity contribution < 1.29 is 9.84 Å². The molecule has 0 aliphatic carbocycles. The van der Waals surface area contributed by atoms with E-state index < -0.39 is 6.10 Å². The van der Waals surface area contributed by atoms with Crippen LogP contribution in [0.2, 0.25) is 0 Å². The highest BCUT2D eigenvalue weighted by Gasteiger charge is 2.21. The number of thiophene rings is 1. The number of ether oxygens (including phenoxy) is 1. The van der Waals surface area contributed by atoms with Crippen molar-refractivity contribution in [2.45, 2.75) is 52.2 Å². The summed E-state index contributed by atoms with van der Waals surface area (Å²) in [5, 5.41) is 12.0. The summed E-state index contributed by atoms with van der Waals surface area (Å²) in [6.45, 7) is 7.46. The number of nitrogens with zero attached hydrogens (tertiary/aromatic N) is 3. The Balaban J connectivity index is 1.71. The Morgan fingerprint density at radius 3 is 2.87 bits per heavy atom. The molecule has 0 saturated carbocycles. The minimum absolute atomic E-state index is 0.0537. The van der Waals surface area contributed by atoms with Crippen molar-refractivity contribution in [3.8, 4) is 5.75 Å². The summed E-state index contributed by atoms with van der Waals surface area (Å²) in [4.78, 5) is 21.1. The molecule has 30 heavy (non-hydrogen) atoms. The van der Waals surface area contributed by atoms with Gasteiger partial charge in [-0.1, -0.05) is 26.3 Å². The number of fused-ring (bicyclic) bond motifs is 4. The maximum absolute atomic E-state index is 13.3. The van der Waals surface area contributed by atoms with Crippen LogP contribution in [0.15, 0.2) is 21.4 Å². The van der Waals surface area contributed by atoms with Crippen molar-refractivity contribution in [3.05, 3.63) is 32.8 Å². The maximum atomic E-state index is 13.3. The van der Waals surface area contributed by atoms with Crippen LogP contribution < -0.4 is 10.3 Å². The summed E-state index contributed by atoms with van der Waals surface area (Å²) in [6.07, 6.45) is 3.50. The number of benzene rings is 1. The van der Waals surface area contributed by atoms with E-state index in [-0.39, 0.29) is 12.2 Å². The van der Waals surface area contributed by atoms with Crippen LogP contribution in [-0.4, -0.2) is 51.9 Å². The van der Waals surface area contributed by atoms with Gasteiger partial charge in [-0.2, -0.15) is 0 Å². The average Bonchev–Trinajstić information content (AvgIpc) is 2.93. The van der Waals surface area contributed by atoms with Gasteiger partial charge >= 0.3 is 0 Å². The second-order valence-electron chi connectivity index (χ2n) is 7.78. The van der Waals surface area contributed by atoms with Crippen LogP contribution in [0.1, 0.15) is 38.9 Å².